The second-order valence-corrected chi connectivity index (χ2v) is 7.58. The van der Waals surface area contributed by atoms with E-state index in [4.69, 9.17) is 11.6 Å². The summed E-state index contributed by atoms with van der Waals surface area (Å²) in [4.78, 5) is 2.76. The number of nitrogens with one attached hydrogen (secondary N) is 1. The average Bonchev–Trinajstić information content (AvgIpc) is 3.16. The fraction of sp³-hybridized carbons (Fsp3) is 0.375. The SMILES string of the molecule is CCNC(c1ccc(-c2ccc(Cl)c(Br)c2)s1)C1CC1. The predicted molar refractivity (Wildman–Crippen MR) is 91.6 cm³/mol. The lowest BCUT2D eigenvalue weighted by Gasteiger charge is -2.15. The largest absolute Gasteiger partial charge is 0.309 e. The maximum atomic E-state index is 6.06. The zero-order valence-corrected chi connectivity index (χ0v) is 14.5. The Morgan fingerprint density at radius 3 is 2.80 bits per heavy atom. The zero-order valence-electron chi connectivity index (χ0n) is 11.3. The second-order valence-electron chi connectivity index (χ2n) is 5.20. The highest BCUT2D eigenvalue weighted by Crippen LogP contribution is 2.44. The number of thiophene rings is 1. The first kappa shape index (κ1) is 14.6. The topological polar surface area (TPSA) is 12.0 Å². The van der Waals surface area contributed by atoms with E-state index in [1.54, 1.807) is 0 Å². The third kappa shape index (κ3) is 3.11. The van der Waals surface area contributed by atoms with Crippen LogP contribution in [-0.2, 0) is 0 Å². The molecule has 0 radical (unpaired) electrons. The maximum absolute atomic E-state index is 6.06. The minimum atomic E-state index is 0.537. The van der Waals surface area contributed by atoms with Gasteiger partial charge in [-0.15, -0.1) is 11.3 Å². The fourth-order valence-electron chi connectivity index (χ4n) is 2.47. The van der Waals surface area contributed by atoms with Gasteiger partial charge < -0.3 is 5.32 Å². The summed E-state index contributed by atoms with van der Waals surface area (Å²) in [5.41, 5.74) is 1.23. The summed E-state index contributed by atoms with van der Waals surface area (Å²) in [5, 5.41) is 4.38. The van der Waals surface area contributed by atoms with E-state index in [2.05, 4.69) is 52.4 Å². The van der Waals surface area contributed by atoms with Crippen LogP contribution in [0.3, 0.4) is 0 Å². The Kier molecular flexibility index (Phi) is 4.51. The number of benzene rings is 1. The van der Waals surface area contributed by atoms with E-state index >= 15 is 0 Å². The van der Waals surface area contributed by atoms with Crippen molar-refractivity contribution < 1.29 is 0 Å². The first-order valence-corrected chi connectivity index (χ1v) is 8.96. The van der Waals surface area contributed by atoms with Gasteiger partial charge in [0, 0.05) is 20.3 Å². The van der Waals surface area contributed by atoms with E-state index in [9.17, 15) is 0 Å². The van der Waals surface area contributed by atoms with Crippen LogP contribution in [0.25, 0.3) is 10.4 Å². The summed E-state index contributed by atoms with van der Waals surface area (Å²) in [6.45, 7) is 3.21. The molecule has 4 heteroatoms. The van der Waals surface area contributed by atoms with E-state index in [-0.39, 0.29) is 0 Å². The van der Waals surface area contributed by atoms with Crippen molar-refractivity contribution in [1.29, 1.82) is 0 Å². The van der Waals surface area contributed by atoms with E-state index in [0.29, 0.717) is 6.04 Å². The van der Waals surface area contributed by atoms with Crippen molar-refractivity contribution in [2.75, 3.05) is 6.54 Å². The summed E-state index contributed by atoms with van der Waals surface area (Å²) in [7, 11) is 0. The van der Waals surface area contributed by atoms with Crippen molar-refractivity contribution >= 4 is 38.9 Å². The lowest BCUT2D eigenvalue weighted by atomic mass is 10.1. The van der Waals surface area contributed by atoms with Crippen LogP contribution >= 0.6 is 38.9 Å². The van der Waals surface area contributed by atoms with Crippen LogP contribution in [0.15, 0.2) is 34.8 Å². The van der Waals surface area contributed by atoms with Crippen molar-refractivity contribution in [2.45, 2.75) is 25.8 Å². The zero-order chi connectivity index (χ0) is 14.1. The van der Waals surface area contributed by atoms with Gasteiger partial charge in [-0.05, 0) is 71.1 Å². The molecule has 3 rings (SSSR count). The van der Waals surface area contributed by atoms with Gasteiger partial charge in [-0.2, -0.15) is 0 Å². The lowest BCUT2D eigenvalue weighted by molar-refractivity contribution is 0.504. The molecule has 2 aromatic rings. The third-order valence-corrected chi connectivity index (χ3v) is 6.09. The summed E-state index contributed by atoms with van der Waals surface area (Å²) in [6.07, 6.45) is 2.72. The first-order valence-electron chi connectivity index (χ1n) is 6.97. The molecule has 1 atom stereocenters. The van der Waals surface area contributed by atoms with Gasteiger partial charge in [-0.1, -0.05) is 24.6 Å². The Morgan fingerprint density at radius 1 is 1.35 bits per heavy atom. The number of halogens is 2. The van der Waals surface area contributed by atoms with E-state index in [1.165, 1.54) is 28.2 Å². The van der Waals surface area contributed by atoms with Crippen LogP contribution in [0.4, 0.5) is 0 Å². The van der Waals surface area contributed by atoms with Gasteiger partial charge >= 0.3 is 0 Å². The molecule has 1 aromatic heterocycles. The van der Waals surface area contributed by atoms with Gasteiger partial charge in [-0.25, -0.2) is 0 Å². The Morgan fingerprint density at radius 2 is 2.15 bits per heavy atom. The summed E-state index contributed by atoms with van der Waals surface area (Å²) in [6, 6.07) is 11.2. The molecule has 1 unspecified atom stereocenters. The van der Waals surface area contributed by atoms with Crippen molar-refractivity contribution in [3.8, 4) is 10.4 Å². The van der Waals surface area contributed by atoms with Crippen LogP contribution in [0, 0.1) is 5.92 Å². The highest BCUT2D eigenvalue weighted by molar-refractivity contribution is 9.10. The van der Waals surface area contributed by atoms with E-state index in [1.807, 2.05) is 17.4 Å². The Hall–Kier alpha value is -0.350. The van der Waals surface area contributed by atoms with E-state index in [0.717, 1.165) is 22.0 Å². The molecule has 0 amide bonds. The standard InChI is InChI=1S/C16H17BrClNS/c1-2-19-16(10-3-4-10)15-8-7-14(20-15)11-5-6-13(18)12(17)9-11/h5-10,16,19H,2-4H2,1H3. The molecule has 1 N–H and O–H groups in total. The Bertz CT molecular complexity index is 606. The molecule has 20 heavy (non-hydrogen) atoms. The minimum Gasteiger partial charge on any atom is -0.309 e. The van der Waals surface area contributed by atoms with Crippen molar-refractivity contribution in [2.24, 2.45) is 5.92 Å². The minimum absolute atomic E-state index is 0.537. The van der Waals surface area contributed by atoms with Gasteiger partial charge in [0.05, 0.1) is 5.02 Å². The van der Waals surface area contributed by atoms with Crippen molar-refractivity contribution in [1.82, 2.24) is 5.32 Å². The van der Waals surface area contributed by atoms with E-state index < -0.39 is 0 Å². The predicted octanol–water partition coefficient (Wildman–Crippen LogP) is 5.89. The van der Waals surface area contributed by atoms with Gasteiger partial charge in [0.15, 0.2) is 0 Å². The molecule has 0 saturated heterocycles. The molecular weight excluding hydrogens is 354 g/mol. The molecular formula is C16H17BrClNS. The molecule has 1 heterocycles. The number of rotatable bonds is 5. The third-order valence-electron chi connectivity index (χ3n) is 3.65. The van der Waals surface area contributed by atoms with Gasteiger partial charge in [0.25, 0.3) is 0 Å². The smallest absolute Gasteiger partial charge is 0.0548 e. The van der Waals surface area contributed by atoms with Crippen LogP contribution in [-0.4, -0.2) is 6.54 Å². The normalized spacial score (nSPS) is 16.4. The van der Waals surface area contributed by atoms with Crippen molar-refractivity contribution in [3.05, 3.63) is 44.7 Å². The first-order chi connectivity index (χ1) is 9.69. The maximum Gasteiger partial charge on any atom is 0.0548 e. The molecule has 0 bridgehead atoms. The fourth-order valence-corrected chi connectivity index (χ4v) is 4.14. The highest BCUT2D eigenvalue weighted by atomic mass is 79.9. The molecule has 1 aliphatic carbocycles. The number of hydrogen-bond acceptors (Lipinski definition) is 2. The Labute approximate surface area is 137 Å². The monoisotopic (exact) mass is 369 g/mol. The molecule has 1 aliphatic rings. The van der Waals surface area contributed by atoms with Crippen LogP contribution < -0.4 is 5.32 Å². The van der Waals surface area contributed by atoms with Crippen LogP contribution in [0.2, 0.25) is 5.02 Å². The van der Waals surface area contributed by atoms with Crippen LogP contribution in [0.1, 0.15) is 30.7 Å². The van der Waals surface area contributed by atoms with Gasteiger partial charge in [0.1, 0.15) is 0 Å². The average molecular weight is 371 g/mol. The highest BCUT2D eigenvalue weighted by Gasteiger charge is 2.32. The van der Waals surface area contributed by atoms with Crippen LogP contribution in [0.5, 0.6) is 0 Å². The number of hydrogen-bond donors (Lipinski definition) is 1. The molecule has 1 aromatic carbocycles. The van der Waals surface area contributed by atoms with Gasteiger partial charge in [-0.3, -0.25) is 0 Å². The quantitative estimate of drug-likeness (QED) is 0.691. The summed E-state index contributed by atoms with van der Waals surface area (Å²) < 4.78 is 0.956. The summed E-state index contributed by atoms with van der Waals surface area (Å²) >= 11 is 11.4. The molecule has 106 valence electrons. The second kappa shape index (κ2) is 6.18. The molecule has 0 spiro atoms. The van der Waals surface area contributed by atoms with Gasteiger partial charge in [0.2, 0.25) is 0 Å². The molecule has 1 fully saturated rings. The Balaban J connectivity index is 1.86. The van der Waals surface area contributed by atoms with Crippen molar-refractivity contribution in [3.63, 3.8) is 0 Å². The summed E-state index contributed by atoms with van der Waals surface area (Å²) in [5.74, 6) is 0.832. The lowest BCUT2D eigenvalue weighted by Crippen LogP contribution is -2.21. The molecule has 0 aliphatic heterocycles. The molecule has 1 nitrogen and oxygen atoms in total. The molecule has 1 saturated carbocycles.